The third-order valence-electron chi connectivity index (χ3n) is 5.21. The van der Waals surface area contributed by atoms with Crippen molar-refractivity contribution in [3.63, 3.8) is 0 Å². The molecule has 0 radical (unpaired) electrons. The highest BCUT2D eigenvalue weighted by Gasteiger charge is 2.32. The molecule has 1 aromatic heterocycles. The lowest BCUT2D eigenvalue weighted by Gasteiger charge is -2.19. The number of benzene rings is 2. The molecule has 12 heteroatoms. The fourth-order valence-corrected chi connectivity index (χ4v) is 4.92. The molecule has 3 rings (SSSR count). The third-order valence-corrected chi connectivity index (χ3v) is 7.20. The van der Waals surface area contributed by atoms with E-state index >= 15 is 0 Å². The van der Waals surface area contributed by atoms with Crippen molar-refractivity contribution in [3.8, 4) is 16.9 Å². The molecule has 0 bridgehead atoms. The number of carbonyl (C=O) groups is 3. The number of phenols is 1. The zero-order valence-electron chi connectivity index (χ0n) is 18.2. The van der Waals surface area contributed by atoms with Gasteiger partial charge in [-0.15, -0.1) is 0 Å². The first kappa shape index (κ1) is 25.1. The van der Waals surface area contributed by atoms with Crippen LogP contribution in [0.2, 0.25) is 5.02 Å². The molecule has 0 spiro atoms. The van der Waals surface area contributed by atoms with E-state index in [-0.39, 0.29) is 28.0 Å². The molecule has 6 N–H and O–H groups in total. The van der Waals surface area contributed by atoms with Crippen LogP contribution < -0.4 is 11.1 Å². The van der Waals surface area contributed by atoms with Crippen LogP contribution in [0.4, 0.5) is 5.69 Å². The van der Waals surface area contributed by atoms with Gasteiger partial charge in [0.15, 0.2) is 15.6 Å². The standard InChI is InChI=1S/C22H22ClN3O7S/c1-3-5-15(27)26-18-17(14(34(32,33)4-2)9-12(20(18)28)21(24)29)16-11-8-10(23)6-7-13(11)25-19(16)22(30)31/h6-9,25,28H,3-5H2,1-2H3,(H2,24,29)(H,26,27)(H,30,31). The first-order chi connectivity index (χ1) is 15.9. The minimum Gasteiger partial charge on any atom is -0.505 e. The summed E-state index contributed by atoms with van der Waals surface area (Å²) in [5, 5.41) is 23.7. The van der Waals surface area contributed by atoms with Gasteiger partial charge >= 0.3 is 5.97 Å². The highest BCUT2D eigenvalue weighted by molar-refractivity contribution is 7.91. The maximum atomic E-state index is 13.1. The van der Waals surface area contributed by atoms with Crippen molar-refractivity contribution in [1.82, 2.24) is 4.98 Å². The number of carboxylic acids is 1. The molecule has 0 saturated carbocycles. The van der Waals surface area contributed by atoms with Crippen LogP contribution in [0.5, 0.6) is 5.75 Å². The molecule has 0 saturated heterocycles. The number of carboxylic acid groups (broad SMARTS) is 1. The van der Waals surface area contributed by atoms with Gasteiger partial charge in [0.25, 0.3) is 5.91 Å². The van der Waals surface area contributed by atoms with Crippen LogP contribution in [0, 0.1) is 0 Å². The average molecular weight is 508 g/mol. The summed E-state index contributed by atoms with van der Waals surface area (Å²) in [5.41, 5.74) is 3.87. The quantitative estimate of drug-likeness (QED) is 0.289. The van der Waals surface area contributed by atoms with E-state index in [4.69, 9.17) is 17.3 Å². The Kier molecular flexibility index (Phi) is 6.89. The number of aromatic carboxylic acids is 1. The molecule has 180 valence electrons. The van der Waals surface area contributed by atoms with E-state index in [1.165, 1.54) is 25.1 Å². The number of carbonyl (C=O) groups excluding carboxylic acids is 2. The van der Waals surface area contributed by atoms with Crippen molar-refractivity contribution in [2.24, 2.45) is 5.73 Å². The predicted octanol–water partition coefficient (Wildman–Crippen LogP) is 3.52. The molecule has 3 aromatic rings. The molecule has 0 fully saturated rings. The summed E-state index contributed by atoms with van der Waals surface area (Å²) in [6, 6.07) is 5.33. The molecule has 0 unspecified atom stereocenters. The summed E-state index contributed by atoms with van der Waals surface area (Å²) in [6.07, 6.45) is 0.446. The van der Waals surface area contributed by atoms with Gasteiger partial charge in [0.2, 0.25) is 5.91 Å². The number of hydrogen-bond donors (Lipinski definition) is 5. The fraction of sp³-hybridized carbons (Fsp3) is 0.227. The van der Waals surface area contributed by atoms with E-state index in [2.05, 4.69) is 10.3 Å². The number of halogens is 1. The van der Waals surface area contributed by atoms with Crippen LogP contribution >= 0.6 is 11.6 Å². The van der Waals surface area contributed by atoms with Gasteiger partial charge in [0.05, 0.1) is 21.9 Å². The molecule has 0 aliphatic carbocycles. The van der Waals surface area contributed by atoms with E-state index < -0.39 is 61.0 Å². The molecular weight excluding hydrogens is 486 g/mol. The Hall–Kier alpha value is -3.57. The molecule has 0 aliphatic heterocycles. The normalized spacial score (nSPS) is 11.5. The van der Waals surface area contributed by atoms with Crippen molar-refractivity contribution in [1.29, 1.82) is 0 Å². The number of sulfone groups is 1. The Bertz CT molecular complexity index is 1440. The van der Waals surface area contributed by atoms with E-state index in [0.717, 1.165) is 6.07 Å². The number of fused-ring (bicyclic) bond motifs is 1. The van der Waals surface area contributed by atoms with Crippen LogP contribution in [-0.4, -0.2) is 47.2 Å². The lowest BCUT2D eigenvalue weighted by Crippen LogP contribution is -2.18. The summed E-state index contributed by atoms with van der Waals surface area (Å²) >= 11 is 6.13. The van der Waals surface area contributed by atoms with Crippen molar-refractivity contribution < 1.29 is 33.0 Å². The number of amides is 2. The molecule has 2 amide bonds. The van der Waals surface area contributed by atoms with Crippen molar-refractivity contribution in [2.45, 2.75) is 31.6 Å². The summed E-state index contributed by atoms with van der Waals surface area (Å²) in [6.45, 7) is 3.09. The maximum Gasteiger partial charge on any atom is 0.352 e. The molecular formula is C22H22ClN3O7S. The van der Waals surface area contributed by atoms with Gasteiger partial charge in [-0.1, -0.05) is 25.4 Å². The summed E-state index contributed by atoms with van der Waals surface area (Å²) in [7, 11) is -4.13. The Morgan fingerprint density at radius 2 is 1.82 bits per heavy atom. The Morgan fingerprint density at radius 1 is 1.15 bits per heavy atom. The van der Waals surface area contributed by atoms with Gasteiger partial charge in [-0.3, -0.25) is 9.59 Å². The van der Waals surface area contributed by atoms with Crippen molar-refractivity contribution in [2.75, 3.05) is 11.1 Å². The molecule has 0 atom stereocenters. The fourth-order valence-electron chi connectivity index (χ4n) is 3.62. The number of aromatic amines is 1. The molecule has 10 nitrogen and oxygen atoms in total. The molecule has 1 heterocycles. The zero-order chi connectivity index (χ0) is 25.4. The topological polar surface area (TPSA) is 180 Å². The van der Waals surface area contributed by atoms with Crippen LogP contribution in [0.25, 0.3) is 22.0 Å². The average Bonchev–Trinajstić information content (AvgIpc) is 3.13. The Morgan fingerprint density at radius 3 is 2.38 bits per heavy atom. The van der Waals surface area contributed by atoms with Crippen molar-refractivity contribution >= 4 is 55.8 Å². The smallest absolute Gasteiger partial charge is 0.352 e. The largest absolute Gasteiger partial charge is 0.505 e. The summed E-state index contributed by atoms with van der Waals surface area (Å²) < 4.78 is 26.2. The van der Waals surface area contributed by atoms with Crippen LogP contribution in [0.1, 0.15) is 47.5 Å². The minimum atomic E-state index is -4.13. The highest BCUT2D eigenvalue weighted by Crippen LogP contribution is 2.47. The van der Waals surface area contributed by atoms with Gasteiger partial charge in [-0.25, -0.2) is 13.2 Å². The zero-order valence-corrected chi connectivity index (χ0v) is 19.8. The Balaban J connectivity index is 2.62. The minimum absolute atomic E-state index is 0.0149. The van der Waals surface area contributed by atoms with E-state index in [9.17, 15) is 33.0 Å². The number of aromatic hydroxyl groups is 1. The summed E-state index contributed by atoms with van der Waals surface area (Å²) in [4.78, 5) is 38.9. The second kappa shape index (κ2) is 9.35. The van der Waals surface area contributed by atoms with E-state index in [1.54, 1.807) is 6.92 Å². The first-order valence-electron chi connectivity index (χ1n) is 10.2. The lowest BCUT2D eigenvalue weighted by atomic mass is 9.96. The van der Waals surface area contributed by atoms with Crippen LogP contribution in [0.3, 0.4) is 0 Å². The molecule has 0 aliphatic rings. The number of primary amides is 1. The van der Waals surface area contributed by atoms with E-state index in [1.807, 2.05) is 0 Å². The first-order valence-corrected chi connectivity index (χ1v) is 12.2. The predicted molar refractivity (Wildman–Crippen MR) is 127 cm³/mol. The maximum absolute atomic E-state index is 13.1. The number of H-pyrrole nitrogens is 1. The number of aromatic nitrogens is 1. The third kappa shape index (κ3) is 4.44. The summed E-state index contributed by atoms with van der Waals surface area (Å²) in [5.74, 6) is -4.35. The second-order valence-corrected chi connectivity index (χ2v) is 10.1. The SMILES string of the molecule is CCCC(=O)Nc1c(O)c(C(N)=O)cc(S(=O)(=O)CC)c1-c1c(C(=O)O)[nH]c2ccc(Cl)cc12. The van der Waals surface area contributed by atoms with Gasteiger partial charge < -0.3 is 26.2 Å². The Labute approximate surface area is 199 Å². The number of rotatable bonds is 8. The number of nitrogens with one attached hydrogen (secondary N) is 2. The van der Waals surface area contributed by atoms with Crippen LogP contribution in [-0.2, 0) is 14.6 Å². The lowest BCUT2D eigenvalue weighted by molar-refractivity contribution is -0.116. The number of hydrogen-bond acceptors (Lipinski definition) is 6. The highest BCUT2D eigenvalue weighted by atomic mass is 35.5. The molecule has 2 aromatic carbocycles. The van der Waals surface area contributed by atoms with Gasteiger partial charge in [0.1, 0.15) is 5.69 Å². The second-order valence-electron chi connectivity index (χ2n) is 7.46. The van der Waals surface area contributed by atoms with Gasteiger partial charge in [0, 0.05) is 33.5 Å². The monoisotopic (exact) mass is 507 g/mol. The van der Waals surface area contributed by atoms with Gasteiger partial charge in [-0.05, 0) is 30.7 Å². The van der Waals surface area contributed by atoms with Crippen molar-refractivity contribution in [3.05, 3.63) is 40.5 Å². The number of nitrogens with two attached hydrogens (primary N) is 1. The van der Waals surface area contributed by atoms with Crippen LogP contribution in [0.15, 0.2) is 29.2 Å². The van der Waals surface area contributed by atoms with E-state index in [0.29, 0.717) is 11.9 Å². The van der Waals surface area contributed by atoms with Gasteiger partial charge in [-0.2, -0.15) is 0 Å². The number of anilines is 1. The molecule has 34 heavy (non-hydrogen) atoms.